The molecule has 0 amide bonds. The maximum absolute atomic E-state index is 12.3. The van der Waals surface area contributed by atoms with Crippen LogP contribution in [0.2, 0.25) is 0 Å². The van der Waals surface area contributed by atoms with Gasteiger partial charge in [-0.2, -0.15) is 8.42 Å². The van der Waals surface area contributed by atoms with Crippen molar-refractivity contribution in [1.82, 2.24) is 0 Å². The molecule has 0 unspecified atom stereocenters. The lowest BCUT2D eigenvalue weighted by atomic mass is 9.92. The zero-order valence-corrected chi connectivity index (χ0v) is 24.0. The molecule has 0 atom stereocenters. The number of fused-ring (bicyclic) bond motifs is 1. The van der Waals surface area contributed by atoms with Gasteiger partial charge in [0.25, 0.3) is 10.1 Å². The number of unbranched alkanes of at least 4 members (excludes halogenated alkanes) is 16. The van der Waals surface area contributed by atoms with Crippen LogP contribution in [0.25, 0.3) is 10.8 Å². The second-order valence-corrected chi connectivity index (χ2v) is 12.1. The van der Waals surface area contributed by atoms with Crippen LogP contribution in [0.5, 0.6) is 0 Å². The van der Waals surface area contributed by atoms with E-state index in [2.05, 4.69) is 32.0 Å². The van der Waals surface area contributed by atoms with Crippen molar-refractivity contribution in [2.45, 2.75) is 147 Å². The van der Waals surface area contributed by atoms with Crippen LogP contribution in [-0.4, -0.2) is 13.0 Å². The molecule has 36 heavy (non-hydrogen) atoms. The standard InChI is InChI=1S/C32H52O3S/c1-3-5-7-9-11-13-15-17-19-22-28-23-21-24-29-26-27-31(36(33,34)35)30(32(28)29)25-20-18-16-14-12-10-8-6-4-2/h21,23-24,26-27H,3-20,22,25H2,1-2H3,(H,33,34,35). The Morgan fingerprint density at radius 3 is 1.56 bits per heavy atom. The maximum atomic E-state index is 12.3. The molecule has 2 rings (SSSR count). The highest BCUT2D eigenvalue weighted by atomic mass is 32.2. The molecule has 1 N–H and O–H groups in total. The van der Waals surface area contributed by atoms with Crippen LogP contribution in [0.3, 0.4) is 0 Å². The fourth-order valence-electron chi connectivity index (χ4n) is 5.45. The molecule has 0 saturated heterocycles. The zero-order valence-electron chi connectivity index (χ0n) is 23.2. The van der Waals surface area contributed by atoms with Gasteiger partial charge in [-0.05, 0) is 53.6 Å². The lowest BCUT2D eigenvalue weighted by Gasteiger charge is -2.15. The van der Waals surface area contributed by atoms with Crippen molar-refractivity contribution in [2.75, 3.05) is 0 Å². The molecule has 0 saturated carbocycles. The molecule has 204 valence electrons. The maximum Gasteiger partial charge on any atom is 0.294 e. The Kier molecular flexibility index (Phi) is 15.4. The van der Waals surface area contributed by atoms with Crippen LogP contribution in [0.15, 0.2) is 35.2 Å². The van der Waals surface area contributed by atoms with Gasteiger partial charge in [-0.15, -0.1) is 0 Å². The Hall–Kier alpha value is -1.39. The molecule has 2 aromatic carbocycles. The summed E-state index contributed by atoms with van der Waals surface area (Å²) in [6.45, 7) is 4.50. The van der Waals surface area contributed by atoms with Crippen LogP contribution in [0.1, 0.15) is 141 Å². The molecule has 0 bridgehead atoms. The minimum atomic E-state index is -4.24. The summed E-state index contributed by atoms with van der Waals surface area (Å²) < 4.78 is 34.5. The van der Waals surface area contributed by atoms with Crippen molar-refractivity contribution >= 4 is 20.9 Å². The van der Waals surface area contributed by atoms with Crippen molar-refractivity contribution in [1.29, 1.82) is 0 Å². The minimum absolute atomic E-state index is 0.106. The van der Waals surface area contributed by atoms with Crippen LogP contribution >= 0.6 is 0 Å². The van der Waals surface area contributed by atoms with Gasteiger partial charge in [-0.1, -0.05) is 141 Å². The summed E-state index contributed by atoms with van der Waals surface area (Å²) in [5.41, 5.74) is 2.05. The first-order valence-corrected chi connectivity index (χ1v) is 16.4. The summed E-state index contributed by atoms with van der Waals surface area (Å²) in [4.78, 5) is 0.106. The van der Waals surface area contributed by atoms with Crippen molar-refractivity contribution in [3.05, 3.63) is 41.5 Å². The first-order valence-electron chi connectivity index (χ1n) is 15.0. The molecular weight excluding hydrogens is 464 g/mol. The number of benzene rings is 2. The highest BCUT2D eigenvalue weighted by Crippen LogP contribution is 2.31. The Balaban J connectivity index is 1.98. The first kappa shape index (κ1) is 30.8. The fourth-order valence-corrected chi connectivity index (χ4v) is 6.21. The van der Waals surface area contributed by atoms with Crippen molar-refractivity contribution in [3.8, 4) is 0 Å². The van der Waals surface area contributed by atoms with E-state index < -0.39 is 10.1 Å². The summed E-state index contributed by atoms with van der Waals surface area (Å²) in [6, 6.07) is 9.77. The topological polar surface area (TPSA) is 54.4 Å². The summed E-state index contributed by atoms with van der Waals surface area (Å²) in [5.74, 6) is 0. The molecule has 0 heterocycles. The summed E-state index contributed by atoms with van der Waals surface area (Å²) in [7, 11) is -4.24. The van der Waals surface area contributed by atoms with Gasteiger partial charge < -0.3 is 0 Å². The van der Waals surface area contributed by atoms with Crippen molar-refractivity contribution in [3.63, 3.8) is 0 Å². The highest BCUT2D eigenvalue weighted by Gasteiger charge is 2.19. The van der Waals surface area contributed by atoms with E-state index in [1.165, 1.54) is 102 Å². The molecule has 0 radical (unpaired) electrons. The van der Waals surface area contributed by atoms with Crippen LogP contribution in [0, 0.1) is 0 Å². The van der Waals surface area contributed by atoms with Gasteiger partial charge in [0, 0.05) is 0 Å². The molecule has 0 aliphatic rings. The van der Waals surface area contributed by atoms with E-state index >= 15 is 0 Å². The second-order valence-electron chi connectivity index (χ2n) is 10.7. The molecule has 0 aliphatic heterocycles. The van der Waals surface area contributed by atoms with Crippen molar-refractivity contribution in [2.24, 2.45) is 0 Å². The molecule has 2 aromatic rings. The SMILES string of the molecule is CCCCCCCCCCCc1cccc2ccc(S(=O)(=O)O)c(CCCCCCCCCCC)c12. The molecule has 0 aliphatic carbocycles. The minimum Gasteiger partial charge on any atom is -0.282 e. The quantitative estimate of drug-likeness (QED) is 0.133. The van der Waals surface area contributed by atoms with Gasteiger partial charge in [-0.3, -0.25) is 4.55 Å². The van der Waals surface area contributed by atoms with E-state index in [1.807, 2.05) is 6.07 Å². The van der Waals surface area contributed by atoms with E-state index in [1.54, 1.807) is 6.07 Å². The normalized spacial score (nSPS) is 12.0. The average molecular weight is 517 g/mol. The van der Waals surface area contributed by atoms with E-state index in [-0.39, 0.29) is 4.90 Å². The van der Waals surface area contributed by atoms with Gasteiger partial charge in [0.2, 0.25) is 0 Å². The van der Waals surface area contributed by atoms with Gasteiger partial charge in [0.1, 0.15) is 0 Å². The highest BCUT2D eigenvalue weighted by molar-refractivity contribution is 7.85. The van der Waals surface area contributed by atoms with Gasteiger partial charge in [0.05, 0.1) is 4.90 Å². The predicted octanol–water partition coefficient (Wildman–Crippen LogP) is 10.2. The van der Waals surface area contributed by atoms with Gasteiger partial charge in [-0.25, -0.2) is 0 Å². The lowest BCUT2D eigenvalue weighted by Crippen LogP contribution is -2.05. The molecule has 4 heteroatoms. The van der Waals surface area contributed by atoms with E-state index in [4.69, 9.17) is 0 Å². The smallest absolute Gasteiger partial charge is 0.282 e. The lowest BCUT2D eigenvalue weighted by molar-refractivity contribution is 0.482. The molecule has 3 nitrogen and oxygen atoms in total. The molecule has 0 fully saturated rings. The summed E-state index contributed by atoms with van der Waals surface area (Å²) >= 11 is 0. The van der Waals surface area contributed by atoms with E-state index in [0.717, 1.165) is 42.0 Å². The second kappa shape index (κ2) is 18.0. The Morgan fingerprint density at radius 2 is 1.06 bits per heavy atom. The Morgan fingerprint density at radius 1 is 0.583 bits per heavy atom. The van der Waals surface area contributed by atoms with Crippen LogP contribution in [0.4, 0.5) is 0 Å². The summed E-state index contributed by atoms with van der Waals surface area (Å²) in [6.07, 6.45) is 24.4. The van der Waals surface area contributed by atoms with Crippen molar-refractivity contribution < 1.29 is 13.0 Å². The molecular formula is C32H52O3S. The number of hydrogen-bond acceptors (Lipinski definition) is 2. The summed E-state index contributed by atoms with van der Waals surface area (Å²) in [5, 5.41) is 2.15. The predicted molar refractivity (Wildman–Crippen MR) is 156 cm³/mol. The van der Waals surface area contributed by atoms with E-state index in [0.29, 0.717) is 6.42 Å². The van der Waals surface area contributed by atoms with Gasteiger partial charge in [0.15, 0.2) is 0 Å². The van der Waals surface area contributed by atoms with E-state index in [9.17, 15) is 13.0 Å². The first-order chi connectivity index (χ1) is 17.5. The van der Waals surface area contributed by atoms with Crippen LogP contribution < -0.4 is 0 Å². The number of hydrogen-bond donors (Lipinski definition) is 1. The largest absolute Gasteiger partial charge is 0.294 e. The monoisotopic (exact) mass is 516 g/mol. The molecule has 0 aromatic heterocycles. The average Bonchev–Trinajstić information content (AvgIpc) is 2.86. The third-order valence-corrected chi connectivity index (χ3v) is 8.49. The van der Waals surface area contributed by atoms with Crippen LogP contribution in [-0.2, 0) is 23.0 Å². The zero-order chi connectivity index (χ0) is 26.1. The number of rotatable bonds is 21. The Labute approximate surface area is 222 Å². The molecule has 0 spiro atoms. The third kappa shape index (κ3) is 11.3. The number of aryl methyl sites for hydroxylation is 2. The van der Waals surface area contributed by atoms with Gasteiger partial charge >= 0.3 is 0 Å². The third-order valence-electron chi connectivity index (χ3n) is 7.55. The Bertz CT molecular complexity index is 965. The fraction of sp³-hybridized carbons (Fsp3) is 0.688.